The molecule has 1 aromatic carbocycles. The van der Waals surface area contributed by atoms with E-state index in [9.17, 15) is 9.59 Å². The molecule has 0 aliphatic heterocycles. The van der Waals surface area contributed by atoms with Crippen LogP contribution in [-0.2, 0) is 24.0 Å². The summed E-state index contributed by atoms with van der Waals surface area (Å²) in [5.74, 6) is 5.51. The second kappa shape index (κ2) is 6.40. The molecule has 4 N–H and O–H groups in total. The van der Waals surface area contributed by atoms with Crippen molar-refractivity contribution in [3.63, 3.8) is 0 Å². The van der Waals surface area contributed by atoms with Gasteiger partial charge in [0.25, 0.3) is 0 Å². The van der Waals surface area contributed by atoms with Crippen LogP contribution in [0.5, 0.6) is 0 Å². The van der Waals surface area contributed by atoms with Gasteiger partial charge >= 0.3 is 5.69 Å². The molecule has 7 nitrogen and oxygen atoms in total. The van der Waals surface area contributed by atoms with Gasteiger partial charge in [0.15, 0.2) is 5.16 Å². The first kappa shape index (κ1) is 14.4. The summed E-state index contributed by atoms with van der Waals surface area (Å²) in [6.07, 6.45) is 0.262. The summed E-state index contributed by atoms with van der Waals surface area (Å²) in [5.41, 5.74) is 3.85. The molecule has 0 aliphatic carbocycles. The van der Waals surface area contributed by atoms with E-state index < -0.39 is 0 Å². The summed E-state index contributed by atoms with van der Waals surface area (Å²) in [5, 5.41) is 6.95. The van der Waals surface area contributed by atoms with Crippen molar-refractivity contribution < 1.29 is 4.79 Å². The second-order valence-corrected chi connectivity index (χ2v) is 5.16. The zero-order valence-corrected chi connectivity index (χ0v) is 11.7. The normalized spacial score (nSPS) is 10.5. The lowest BCUT2D eigenvalue weighted by Gasteiger charge is -2.03. The van der Waals surface area contributed by atoms with E-state index >= 15 is 0 Å². The smallest absolute Gasteiger partial charge is 0.294 e. The summed E-state index contributed by atoms with van der Waals surface area (Å²) in [6, 6.07) is 7.65. The zero-order chi connectivity index (χ0) is 14.5. The number of aromatic amines is 1. The van der Waals surface area contributed by atoms with Gasteiger partial charge in [0.2, 0.25) is 5.91 Å². The monoisotopic (exact) mass is 293 g/mol. The van der Waals surface area contributed by atoms with Crippen molar-refractivity contribution in [2.45, 2.75) is 17.3 Å². The van der Waals surface area contributed by atoms with E-state index in [-0.39, 0.29) is 18.0 Å². The van der Waals surface area contributed by atoms with E-state index in [2.05, 4.69) is 15.6 Å². The van der Waals surface area contributed by atoms with Gasteiger partial charge in [0, 0.05) is 12.8 Å². The molecule has 0 radical (unpaired) electrons. The molecule has 20 heavy (non-hydrogen) atoms. The van der Waals surface area contributed by atoms with Crippen molar-refractivity contribution in [1.82, 2.24) is 20.2 Å². The summed E-state index contributed by atoms with van der Waals surface area (Å²) in [4.78, 5) is 22.3. The number of amides is 1. The van der Waals surface area contributed by atoms with Crippen molar-refractivity contribution in [3.8, 4) is 0 Å². The molecule has 8 heteroatoms. The Labute approximate surface area is 119 Å². The van der Waals surface area contributed by atoms with Crippen LogP contribution in [0.1, 0.15) is 11.1 Å². The summed E-state index contributed by atoms with van der Waals surface area (Å²) >= 11 is 1.47. The number of nitrogens with zero attached hydrogens (tertiary/aromatic N) is 2. The molecule has 1 amide bonds. The SMILES string of the molecule is Cn1c(SCc2ccc(CC(=O)NN)cc2)n[nH]c1=O. The summed E-state index contributed by atoms with van der Waals surface area (Å²) in [7, 11) is 1.67. The standard InChI is InChI=1S/C12H15N5O2S/c1-17-11(19)15-16-12(17)20-7-9-4-2-8(3-5-9)6-10(18)14-13/h2-5H,6-7,13H2,1H3,(H,14,18)(H,15,19). The molecule has 106 valence electrons. The fraction of sp³-hybridized carbons (Fsp3) is 0.250. The topological polar surface area (TPSA) is 106 Å². The van der Waals surface area contributed by atoms with Gasteiger partial charge in [0.1, 0.15) is 0 Å². The van der Waals surface area contributed by atoms with Crippen LogP contribution in [0.4, 0.5) is 0 Å². The highest BCUT2D eigenvalue weighted by atomic mass is 32.2. The number of aromatic nitrogens is 3. The van der Waals surface area contributed by atoms with Crippen molar-refractivity contribution in [2.75, 3.05) is 0 Å². The van der Waals surface area contributed by atoms with Gasteiger partial charge in [-0.25, -0.2) is 15.7 Å². The number of nitrogens with two attached hydrogens (primary N) is 1. The first-order valence-electron chi connectivity index (χ1n) is 5.91. The third kappa shape index (κ3) is 3.49. The molecule has 0 saturated heterocycles. The highest BCUT2D eigenvalue weighted by molar-refractivity contribution is 7.98. The number of hydrogen-bond donors (Lipinski definition) is 3. The van der Waals surface area contributed by atoms with Crippen LogP contribution >= 0.6 is 11.8 Å². The summed E-state index contributed by atoms with van der Waals surface area (Å²) < 4.78 is 1.46. The molecular formula is C12H15N5O2S. The van der Waals surface area contributed by atoms with Gasteiger partial charge in [-0.3, -0.25) is 14.8 Å². The van der Waals surface area contributed by atoms with E-state index in [1.807, 2.05) is 24.3 Å². The maximum absolute atomic E-state index is 11.2. The number of thioether (sulfide) groups is 1. The summed E-state index contributed by atoms with van der Waals surface area (Å²) in [6.45, 7) is 0. The van der Waals surface area contributed by atoms with Crippen LogP contribution in [0.3, 0.4) is 0 Å². The third-order valence-corrected chi connectivity index (χ3v) is 3.86. The minimum atomic E-state index is -0.226. The molecule has 0 atom stereocenters. The number of hydrogen-bond acceptors (Lipinski definition) is 5. The quantitative estimate of drug-likeness (QED) is 0.310. The predicted molar refractivity (Wildman–Crippen MR) is 75.9 cm³/mol. The van der Waals surface area contributed by atoms with Crippen molar-refractivity contribution in [1.29, 1.82) is 0 Å². The molecule has 0 fully saturated rings. The van der Waals surface area contributed by atoms with Crippen molar-refractivity contribution >= 4 is 17.7 Å². The van der Waals surface area contributed by atoms with E-state index in [0.717, 1.165) is 11.1 Å². The third-order valence-electron chi connectivity index (χ3n) is 2.76. The van der Waals surface area contributed by atoms with Gasteiger partial charge in [-0.1, -0.05) is 36.0 Å². The zero-order valence-electron chi connectivity index (χ0n) is 10.9. The van der Waals surface area contributed by atoms with Gasteiger partial charge in [-0.15, -0.1) is 5.10 Å². The molecule has 0 aliphatic rings. The van der Waals surface area contributed by atoms with E-state index in [0.29, 0.717) is 10.9 Å². The van der Waals surface area contributed by atoms with Crippen LogP contribution in [0.25, 0.3) is 0 Å². The van der Waals surface area contributed by atoms with E-state index in [1.165, 1.54) is 16.3 Å². The molecular weight excluding hydrogens is 278 g/mol. The Hall–Kier alpha value is -2.06. The van der Waals surface area contributed by atoms with E-state index in [4.69, 9.17) is 5.84 Å². The largest absolute Gasteiger partial charge is 0.343 e. The van der Waals surface area contributed by atoms with Crippen molar-refractivity contribution in [2.24, 2.45) is 12.9 Å². The fourth-order valence-corrected chi connectivity index (χ4v) is 2.47. The Kier molecular flexibility index (Phi) is 4.59. The highest BCUT2D eigenvalue weighted by Gasteiger charge is 2.05. The Bertz CT molecular complexity index is 647. The number of nitrogens with one attached hydrogen (secondary N) is 2. The maximum atomic E-state index is 11.2. The Balaban J connectivity index is 1.95. The molecule has 0 saturated carbocycles. The second-order valence-electron chi connectivity index (χ2n) is 4.22. The van der Waals surface area contributed by atoms with Crippen LogP contribution in [0.15, 0.2) is 34.2 Å². The number of benzene rings is 1. The minimum absolute atomic E-state index is 0.223. The minimum Gasteiger partial charge on any atom is -0.294 e. The number of H-pyrrole nitrogens is 1. The number of carbonyl (C=O) groups excluding carboxylic acids is 1. The van der Waals surface area contributed by atoms with Crippen LogP contribution in [-0.4, -0.2) is 20.7 Å². The molecule has 1 aromatic heterocycles. The average Bonchev–Trinajstić information content (AvgIpc) is 2.78. The predicted octanol–water partition coefficient (Wildman–Crippen LogP) is -0.0669. The van der Waals surface area contributed by atoms with Crippen LogP contribution in [0, 0.1) is 0 Å². The van der Waals surface area contributed by atoms with Crippen LogP contribution in [0.2, 0.25) is 0 Å². The molecule has 0 spiro atoms. The molecule has 1 heterocycles. The Morgan fingerprint density at radius 2 is 2.05 bits per heavy atom. The van der Waals surface area contributed by atoms with Crippen molar-refractivity contribution in [3.05, 3.63) is 45.9 Å². The lowest BCUT2D eigenvalue weighted by atomic mass is 10.1. The molecule has 0 bridgehead atoms. The van der Waals surface area contributed by atoms with Gasteiger partial charge in [-0.05, 0) is 11.1 Å². The maximum Gasteiger partial charge on any atom is 0.343 e. The number of rotatable bonds is 5. The van der Waals surface area contributed by atoms with Gasteiger partial charge in [-0.2, -0.15) is 0 Å². The number of hydrazine groups is 1. The molecule has 2 rings (SSSR count). The first-order valence-corrected chi connectivity index (χ1v) is 6.90. The molecule has 2 aromatic rings. The molecule has 0 unspecified atom stereocenters. The Morgan fingerprint density at radius 1 is 1.40 bits per heavy atom. The lowest BCUT2D eigenvalue weighted by molar-refractivity contribution is -0.120. The highest BCUT2D eigenvalue weighted by Crippen LogP contribution is 2.19. The average molecular weight is 293 g/mol. The number of carbonyl (C=O) groups is 1. The fourth-order valence-electron chi connectivity index (χ4n) is 1.60. The lowest BCUT2D eigenvalue weighted by Crippen LogP contribution is -2.31. The van der Waals surface area contributed by atoms with Gasteiger partial charge < -0.3 is 0 Å². The van der Waals surface area contributed by atoms with Crippen LogP contribution < -0.4 is 17.0 Å². The Morgan fingerprint density at radius 3 is 2.60 bits per heavy atom. The van der Waals surface area contributed by atoms with Gasteiger partial charge in [0.05, 0.1) is 6.42 Å². The first-order chi connectivity index (χ1) is 9.60. The van der Waals surface area contributed by atoms with E-state index in [1.54, 1.807) is 7.05 Å².